The molecule has 1 aromatic carbocycles. The first-order chi connectivity index (χ1) is 8.01. The van der Waals surface area contributed by atoms with Crippen LogP contribution < -0.4 is 10.1 Å². The highest BCUT2D eigenvalue weighted by atomic mass is 16.5. The van der Waals surface area contributed by atoms with Crippen LogP contribution in [-0.4, -0.2) is 25.5 Å². The fourth-order valence-corrected chi connectivity index (χ4v) is 1.91. The Morgan fingerprint density at radius 1 is 1.35 bits per heavy atom. The molecule has 0 aliphatic heterocycles. The van der Waals surface area contributed by atoms with Crippen LogP contribution in [0.3, 0.4) is 0 Å². The van der Waals surface area contributed by atoms with Crippen LogP contribution in [-0.2, 0) is 0 Å². The van der Waals surface area contributed by atoms with E-state index in [9.17, 15) is 4.79 Å². The Kier molecular flexibility index (Phi) is 4.70. The van der Waals surface area contributed by atoms with Crippen LogP contribution in [0.4, 0.5) is 0 Å². The molecule has 1 rings (SSSR count). The first-order valence-electron chi connectivity index (χ1n) is 5.94. The Balaban J connectivity index is 3.06. The van der Waals surface area contributed by atoms with Gasteiger partial charge >= 0.3 is 0 Å². The van der Waals surface area contributed by atoms with Crippen molar-refractivity contribution in [1.29, 1.82) is 0 Å². The van der Waals surface area contributed by atoms with Gasteiger partial charge in [-0.15, -0.1) is 0 Å². The van der Waals surface area contributed by atoms with E-state index < -0.39 is 0 Å². The van der Waals surface area contributed by atoms with E-state index in [1.165, 1.54) is 0 Å². The van der Waals surface area contributed by atoms with Crippen LogP contribution in [0.5, 0.6) is 5.75 Å². The molecule has 1 unspecified atom stereocenters. The predicted octanol–water partition coefficient (Wildman–Crippen LogP) is 2.49. The summed E-state index contributed by atoms with van der Waals surface area (Å²) in [6, 6.07) is 3.68. The van der Waals surface area contributed by atoms with Gasteiger partial charge in [0.25, 0.3) is 0 Å². The monoisotopic (exact) mass is 235 g/mol. The zero-order valence-electron chi connectivity index (χ0n) is 11.3. The number of ether oxygens (including phenoxy) is 1. The van der Waals surface area contributed by atoms with Crippen molar-refractivity contribution >= 4 is 5.78 Å². The number of likely N-dealkylation sites (N-methyl/N-ethyl adjacent to an activating group) is 1. The molecule has 17 heavy (non-hydrogen) atoms. The molecular formula is C14H21NO2. The standard InChI is InChI=1S/C14H21NO2/c1-6-15-11(4)14(16)12-7-10(3)13(17-5)8-9(12)2/h7-8,11,15H,6H2,1-5H3. The third-order valence-corrected chi connectivity index (χ3v) is 2.91. The summed E-state index contributed by atoms with van der Waals surface area (Å²) in [5.74, 6) is 0.963. The SMILES string of the molecule is CCNC(C)C(=O)c1cc(C)c(OC)cc1C. The summed E-state index contributed by atoms with van der Waals surface area (Å²) in [6.45, 7) is 8.57. The first kappa shape index (κ1) is 13.7. The van der Waals surface area contributed by atoms with Crippen molar-refractivity contribution in [2.24, 2.45) is 0 Å². The largest absolute Gasteiger partial charge is 0.496 e. The molecule has 0 saturated heterocycles. The van der Waals surface area contributed by atoms with E-state index in [-0.39, 0.29) is 11.8 Å². The van der Waals surface area contributed by atoms with E-state index in [1.807, 2.05) is 39.8 Å². The Labute approximate surface area is 103 Å². The molecule has 0 heterocycles. The van der Waals surface area contributed by atoms with Gasteiger partial charge in [-0.25, -0.2) is 0 Å². The number of Topliss-reactive ketones (excluding diaryl/α,β-unsaturated/α-hetero) is 1. The van der Waals surface area contributed by atoms with Gasteiger partial charge in [-0.3, -0.25) is 4.79 Å². The van der Waals surface area contributed by atoms with Crippen LogP contribution in [0.2, 0.25) is 0 Å². The zero-order valence-corrected chi connectivity index (χ0v) is 11.3. The number of nitrogens with one attached hydrogen (secondary N) is 1. The zero-order chi connectivity index (χ0) is 13.0. The van der Waals surface area contributed by atoms with E-state index in [0.29, 0.717) is 0 Å². The molecule has 0 fully saturated rings. The third kappa shape index (κ3) is 3.07. The van der Waals surface area contributed by atoms with E-state index in [4.69, 9.17) is 4.74 Å². The molecule has 1 N–H and O–H groups in total. The Hall–Kier alpha value is -1.35. The molecule has 0 saturated carbocycles. The van der Waals surface area contributed by atoms with Gasteiger partial charge in [0.1, 0.15) is 5.75 Å². The van der Waals surface area contributed by atoms with Gasteiger partial charge in [0, 0.05) is 5.56 Å². The lowest BCUT2D eigenvalue weighted by Gasteiger charge is -2.15. The molecule has 0 spiro atoms. The van der Waals surface area contributed by atoms with Crippen LogP contribution in [0.1, 0.15) is 35.3 Å². The van der Waals surface area contributed by atoms with Crippen molar-refractivity contribution in [3.63, 3.8) is 0 Å². The van der Waals surface area contributed by atoms with E-state index in [1.54, 1.807) is 7.11 Å². The number of carbonyl (C=O) groups excluding carboxylic acids is 1. The number of hydrogen-bond acceptors (Lipinski definition) is 3. The fraction of sp³-hybridized carbons (Fsp3) is 0.500. The quantitative estimate of drug-likeness (QED) is 0.797. The molecule has 0 radical (unpaired) electrons. The number of carbonyl (C=O) groups is 1. The lowest BCUT2D eigenvalue weighted by molar-refractivity contribution is 0.0951. The molecule has 0 aliphatic carbocycles. The molecule has 0 aromatic heterocycles. The Bertz CT molecular complexity index is 413. The molecular weight excluding hydrogens is 214 g/mol. The smallest absolute Gasteiger partial charge is 0.179 e. The molecule has 3 nitrogen and oxygen atoms in total. The molecule has 94 valence electrons. The van der Waals surface area contributed by atoms with Crippen LogP contribution >= 0.6 is 0 Å². The summed E-state index contributed by atoms with van der Waals surface area (Å²) in [5.41, 5.74) is 2.73. The average molecular weight is 235 g/mol. The number of aryl methyl sites for hydroxylation is 2. The second-order valence-electron chi connectivity index (χ2n) is 4.28. The van der Waals surface area contributed by atoms with Gasteiger partial charge in [0.15, 0.2) is 5.78 Å². The van der Waals surface area contributed by atoms with Gasteiger partial charge in [0.2, 0.25) is 0 Å². The van der Waals surface area contributed by atoms with E-state index in [0.717, 1.165) is 29.0 Å². The minimum absolute atomic E-state index is 0.134. The van der Waals surface area contributed by atoms with Gasteiger partial charge in [-0.2, -0.15) is 0 Å². The van der Waals surface area contributed by atoms with Crippen molar-refractivity contribution in [1.82, 2.24) is 5.32 Å². The molecule has 3 heteroatoms. The Morgan fingerprint density at radius 2 is 2.00 bits per heavy atom. The molecule has 0 aliphatic rings. The number of rotatable bonds is 5. The van der Waals surface area contributed by atoms with E-state index >= 15 is 0 Å². The van der Waals surface area contributed by atoms with E-state index in [2.05, 4.69) is 5.32 Å². The van der Waals surface area contributed by atoms with Gasteiger partial charge in [0.05, 0.1) is 13.2 Å². The summed E-state index contributed by atoms with van der Waals surface area (Å²) < 4.78 is 5.24. The van der Waals surface area contributed by atoms with Crippen molar-refractivity contribution in [3.8, 4) is 5.75 Å². The van der Waals surface area contributed by atoms with Crippen molar-refractivity contribution in [2.75, 3.05) is 13.7 Å². The summed E-state index contributed by atoms with van der Waals surface area (Å²) in [4.78, 5) is 12.2. The van der Waals surface area contributed by atoms with Gasteiger partial charge in [-0.05, 0) is 50.6 Å². The Morgan fingerprint density at radius 3 is 2.53 bits per heavy atom. The summed E-state index contributed by atoms with van der Waals surface area (Å²) >= 11 is 0. The maximum absolute atomic E-state index is 12.2. The maximum atomic E-state index is 12.2. The second kappa shape index (κ2) is 5.82. The van der Waals surface area contributed by atoms with Crippen LogP contribution in [0, 0.1) is 13.8 Å². The molecule has 0 amide bonds. The predicted molar refractivity (Wildman–Crippen MR) is 69.9 cm³/mol. The molecule has 1 aromatic rings. The number of ketones is 1. The normalized spacial score (nSPS) is 12.3. The number of methoxy groups -OCH3 is 1. The minimum atomic E-state index is -0.147. The topological polar surface area (TPSA) is 38.3 Å². The first-order valence-corrected chi connectivity index (χ1v) is 5.94. The lowest BCUT2D eigenvalue weighted by Crippen LogP contribution is -2.34. The van der Waals surface area contributed by atoms with Crippen molar-refractivity contribution in [3.05, 3.63) is 28.8 Å². The van der Waals surface area contributed by atoms with Crippen LogP contribution in [0.25, 0.3) is 0 Å². The molecule has 0 bridgehead atoms. The highest BCUT2D eigenvalue weighted by Gasteiger charge is 2.17. The maximum Gasteiger partial charge on any atom is 0.179 e. The summed E-state index contributed by atoms with van der Waals surface area (Å²) in [5, 5.41) is 3.14. The molecule has 1 atom stereocenters. The summed E-state index contributed by atoms with van der Waals surface area (Å²) in [6.07, 6.45) is 0. The highest BCUT2D eigenvalue weighted by molar-refractivity contribution is 6.01. The summed E-state index contributed by atoms with van der Waals surface area (Å²) in [7, 11) is 1.64. The van der Waals surface area contributed by atoms with Crippen molar-refractivity contribution < 1.29 is 9.53 Å². The number of benzene rings is 1. The average Bonchev–Trinajstić information content (AvgIpc) is 2.31. The number of hydrogen-bond donors (Lipinski definition) is 1. The van der Waals surface area contributed by atoms with Crippen molar-refractivity contribution in [2.45, 2.75) is 33.7 Å². The van der Waals surface area contributed by atoms with Gasteiger partial charge in [-0.1, -0.05) is 6.92 Å². The minimum Gasteiger partial charge on any atom is -0.496 e. The highest BCUT2D eigenvalue weighted by Crippen LogP contribution is 2.23. The van der Waals surface area contributed by atoms with Crippen LogP contribution in [0.15, 0.2) is 12.1 Å². The van der Waals surface area contributed by atoms with Gasteiger partial charge < -0.3 is 10.1 Å². The third-order valence-electron chi connectivity index (χ3n) is 2.91. The second-order valence-corrected chi connectivity index (χ2v) is 4.28. The lowest BCUT2D eigenvalue weighted by atomic mass is 9.97. The fourth-order valence-electron chi connectivity index (χ4n) is 1.91.